The van der Waals surface area contributed by atoms with Gasteiger partial charge in [-0.05, 0) is 22.0 Å². The van der Waals surface area contributed by atoms with Crippen LogP contribution in [0.4, 0.5) is 5.69 Å². The Labute approximate surface area is 112 Å². The highest BCUT2D eigenvalue weighted by molar-refractivity contribution is 9.10. The number of hydrogen-bond donors (Lipinski definition) is 2. The summed E-state index contributed by atoms with van der Waals surface area (Å²) in [6.07, 6.45) is 1.58. The van der Waals surface area contributed by atoms with E-state index >= 15 is 0 Å². The van der Waals surface area contributed by atoms with Gasteiger partial charge in [-0.25, -0.2) is 0 Å². The number of anilines is 1. The van der Waals surface area contributed by atoms with Gasteiger partial charge in [0.2, 0.25) is 5.91 Å². The minimum absolute atomic E-state index is 0.146. The summed E-state index contributed by atoms with van der Waals surface area (Å²) < 4.78 is 7.04. The zero-order valence-corrected chi connectivity index (χ0v) is 11.5. The number of carbonyl (C=O) groups is 1. The number of ether oxygens (including phenoxy) is 1. The molecule has 0 spiro atoms. The molecule has 1 aliphatic heterocycles. The van der Waals surface area contributed by atoms with Crippen molar-refractivity contribution < 1.29 is 9.53 Å². The molecular weight excluding hydrogens is 302 g/mol. The Morgan fingerprint density at radius 1 is 1.67 bits per heavy atom. The van der Waals surface area contributed by atoms with Crippen LogP contribution in [-0.4, -0.2) is 36.3 Å². The van der Waals surface area contributed by atoms with Crippen LogP contribution in [0.2, 0.25) is 0 Å². The summed E-state index contributed by atoms with van der Waals surface area (Å²) in [6.45, 7) is 1.64. The van der Waals surface area contributed by atoms with Gasteiger partial charge in [-0.1, -0.05) is 0 Å². The molecule has 0 saturated carbocycles. The maximum absolute atomic E-state index is 11.9. The molecule has 0 aromatic carbocycles. The maximum Gasteiger partial charge on any atom is 0.264 e. The number of morpholine rings is 1. The van der Waals surface area contributed by atoms with Crippen LogP contribution >= 0.6 is 15.9 Å². The number of nitrogens with zero attached hydrogens (tertiary/aromatic N) is 1. The zero-order chi connectivity index (χ0) is 13.1. The number of amides is 1. The van der Waals surface area contributed by atoms with E-state index in [4.69, 9.17) is 4.74 Å². The Balaban J connectivity index is 2.09. The van der Waals surface area contributed by atoms with Crippen molar-refractivity contribution in [2.24, 2.45) is 7.05 Å². The first-order valence-electron chi connectivity index (χ1n) is 5.56. The van der Waals surface area contributed by atoms with Gasteiger partial charge >= 0.3 is 0 Å². The monoisotopic (exact) mass is 315 g/mol. The van der Waals surface area contributed by atoms with Gasteiger partial charge in [-0.3, -0.25) is 9.59 Å². The third-order valence-electron chi connectivity index (χ3n) is 2.65. The molecule has 98 valence electrons. The molecule has 6 nitrogen and oxygen atoms in total. The van der Waals surface area contributed by atoms with Crippen LogP contribution in [-0.2, 0) is 16.6 Å². The molecular formula is C11H14BrN3O3. The Morgan fingerprint density at radius 3 is 3.06 bits per heavy atom. The normalized spacial score (nSPS) is 19.6. The maximum atomic E-state index is 11.9. The third kappa shape index (κ3) is 2.98. The lowest BCUT2D eigenvalue weighted by atomic mass is 10.2. The van der Waals surface area contributed by atoms with E-state index in [0.717, 1.165) is 0 Å². The first-order valence-corrected chi connectivity index (χ1v) is 6.35. The number of hydrogen-bond acceptors (Lipinski definition) is 4. The van der Waals surface area contributed by atoms with Gasteiger partial charge in [0.1, 0.15) is 6.04 Å². The molecule has 7 heteroatoms. The number of nitrogens with one attached hydrogen (secondary N) is 2. The van der Waals surface area contributed by atoms with Crippen molar-refractivity contribution in [2.45, 2.75) is 6.04 Å². The van der Waals surface area contributed by atoms with E-state index in [1.54, 1.807) is 19.3 Å². The van der Waals surface area contributed by atoms with E-state index in [2.05, 4.69) is 26.6 Å². The van der Waals surface area contributed by atoms with Crippen molar-refractivity contribution in [3.8, 4) is 0 Å². The molecule has 0 aliphatic carbocycles. The highest BCUT2D eigenvalue weighted by Gasteiger charge is 2.21. The van der Waals surface area contributed by atoms with E-state index < -0.39 is 0 Å². The largest absolute Gasteiger partial charge is 0.378 e. The first kappa shape index (κ1) is 13.3. The summed E-state index contributed by atoms with van der Waals surface area (Å²) in [7, 11) is 1.63. The summed E-state index contributed by atoms with van der Waals surface area (Å²) in [5.74, 6) is -0.166. The predicted octanol–water partition coefficient (Wildman–Crippen LogP) is 0.0747. The summed E-state index contributed by atoms with van der Waals surface area (Å²) in [6, 6.07) is 1.24. The van der Waals surface area contributed by atoms with Gasteiger partial charge in [0.15, 0.2) is 0 Å². The highest BCUT2D eigenvalue weighted by atomic mass is 79.9. The lowest BCUT2D eigenvalue weighted by molar-refractivity contribution is -0.120. The standard InChI is InChI=1S/C11H14BrN3O3/c1-15-5-7(4-8(12)11(15)17)14-10(16)9-6-18-3-2-13-9/h4-5,9,13H,2-3,6H2,1H3,(H,14,16). The van der Waals surface area contributed by atoms with E-state index in [9.17, 15) is 9.59 Å². The van der Waals surface area contributed by atoms with Crippen molar-refractivity contribution in [3.05, 3.63) is 27.1 Å². The first-order chi connectivity index (χ1) is 8.58. The second kappa shape index (κ2) is 5.64. The number of aromatic nitrogens is 1. The van der Waals surface area contributed by atoms with E-state index in [-0.39, 0.29) is 17.5 Å². The van der Waals surface area contributed by atoms with Gasteiger partial charge in [-0.15, -0.1) is 0 Å². The average molecular weight is 316 g/mol. The minimum Gasteiger partial charge on any atom is -0.378 e. The lowest BCUT2D eigenvalue weighted by Crippen LogP contribution is -2.48. The molecule has 0 bridgehead atoms. The minimum atomic E-state index is -0.352. The Kier molecular flexibility index (Phi) is 4.15. The van der Waals surface area contributed by atoms with Crippen LogP contribution in [0.3, 0.4) is 0 Å². The van der Waals surface area contributed by atoms with Crippen LogP contribution in [0.5, 0.6) is 0 Å². The molecule has 1 aliphatic rings. The van der Waals surface area contributed by atoms with Crippen molar-refractivity contribution in [2.75, 3.05) is 25.1 Å². The molecule has 1 aromatic heterocycles. The van der Waals surface area contributed by atoms with Gasteiger partial charge in [0, 0.05) is 19.8 Å². The van der Waals surface area contributed by atoms with Gasteiger partial charge < -0.3 is 19.9 Å². The topological polar surface area (TPSA) is 72.4 Å². The molecule has 1 saturated heterocycles. The molecule has 1 fully saturated rings. The summed E-state index contributed by atoms with van der Waals surface area (Å²) in [5.41, 5.74) is 0.425. The van der Waals surface area contributed by atoms with E-state index in [0.29, 0.717) is 29.9 Å². The molecule has 0 radical (unpaired) electrons. The molecule has 1 unspecified atom stereocenters. The molecule has 1 amide bonds. The van der Waals surface area contributed by atoms with Crippen molar-refractivity contribution >= 4 is 27.5 Å². The fraction of sp³-hybridized carbons (Fsp3) is 0.455. The van der Waals surface area contributed by atoms with Crippen LogP contribution in [0.1, 0.15) is 0 Å². The molecule has 1 aromatic rings. The van der Waals surface area contributed by atoms with Crippen molar-refractivity contribution in [1.82, 2.24) is 9.88 Å². The summed E-state index contributed by atoms with van der Waals surface area (Å²) >= 11 is 3.16. The molecule has 2 heterocycles. The van der Waals surface area contributed by atoms with E-state index in [1.807, 2.05) is 0 Å². The fourth-order valence-electron chi connectivity index (χ4n) is 1.70. The second-order valence-corrected chi connectivity index (χ2v) is 4.92. The van der Waals surface area contributed by atoms with Crippen LogP contribution < -0.4 is 16.2 Å². The SMILES string of the molecule is Cn1cc(NC(=O)C2COCCN2)cc(Br)c1=O. The number of rotatable bonds is 2. The van der Waals surface area contributed by atoms with Crippen LogP contribution in [0.25, 0.3) is 0 Å². The molecule has 18 heavy (non-hydrogen) atoms. The Bertz CT molecular complexity index is 482. The van der Waals surface area contributed by atoms with Gasteiger partial charge in [0.05, 0.1) is 23.4 Å². The molecule has 1 atom stereocenters. The highest BCUT2D eigenvalue weighted by Crippen LogP contribution is 2.12. The lowest BCUT2D eigenvalue weighted by Gasteiger charge is -2.23. The average Bonchev–Trinajstić information content (AvgIpc) is 2.37. The second-order valence-electron chi connectivity index (χ2n) is 4.06. The smallest absolute Gasteiger partial charge is 0.264 e. The number of pyridine rings is 1. The van der Waals surface area contributed by atoms with Gasteiger partial charge in [-0.2, -0.15) is 0 Å². The number of halogens is 1. The predicted molar refractivity (Wildman–Crippen MR) is 70.6 cm³/mol. The third-order valence-corrected chi connectivity index (χ3v) is 3.21. The molecule has 2 N–H and O–H groups in total. The van der Waals surface area contributed by atoms with Crippen molar-refractivity contribution in [3.63, 3.8) is 0 Å². The van der Waals surface area contributed by atoms with Crippen LogP contribution in [0.15, 0.2) is 21.5 Å². The summed E-state index contributed by atoms with van der Waals surface area (Å²) in [4.78, 5) is 23.4. The van der Waals surface area contributed by atoms with E-state index in [1.165, 1.54) is 4.57 Å². The number of aryl methyl sites for hydroxylation is 1. The Hall–Kier alpha value is -1.18. The van der Waals surface area contributed by atoms with Crippen molar-refractivity contribution in [1.29, 1.82) is 0 Å². The fourth-order valence-corrected chi connectivity index (χ4v) is 2.23. The summed E-state index contributed by atoms with van der Waals surface area (Å²) in [5, 5.41) is 5.81. The van der Waals surface area contributed by atoms with Gasteiger partial charge in [0.25, 0.3) is 5.56 Å². The van der Waals surface area contributed by atoms with Crippen LogP contribution in [0, 0.1) is 0 Å². The zero-order valence-electron chi connectivity index (χ0n) is 9.90. The Morgan fingerprint density at radius 2 is 2.44 bits per heavy atom. The number of carbonyl (C=O) groups excluding carboxylic acids is 1. The molecule has 2 rings (SSSR count). The quantitative estimate of drug-likeness (QED) is 0.810.